The molecule has 1 nitrogen and oxygen atoms in total. The van der Waals surface area contributed by atoms with Crippen LogP contribution in [0.25, 0.3) is 21.7 Å². The van der Waals surface area contributed by atoms with Crippen molar-refractivity contribution in [1.82, 2.24) is 4.98 Å². The maximum Gasteiger partial charge on any atom is 0.0460 e. The third kappa shape index (κ3) is 1.61. The molecule has 0 atom stereocenters. The Morgan fingerprint density at radius 3 is 2.53 bits per heavy atom. The van der Waals surface area contributed by atoms with Crippen LogP contribution in [0.4, 0.5) is 0 Å². The smallest absolute Gasteiger partial charge is 0.0460 e. The molecule has 1 heteroatoms. The Balaban J connectivity index is 0.000000406. The van der Waals surface area contributed by atoms with Crippen molar-refractivity contribution in [2.75, 3.05) is 0 Å². The molecule has 0 aliphatic rings. The fourth-order valence-corrected chi connectivity index (χ4v) is 1.82. The Labute approximate surface area is 91.2 Å². The summed E-state index contributed by atoms with van der Waals surface area (Å²) in [4.78, 5) is 3.21. The second-order valence-electron chi connectivity index (χ2n) is 3.23. The van der Waals surface area contributed by atoms with Gasteiger partial charge in [-0.1, -0.05) is 44.2 Å². The minimum Gasteiger partial charge on any atom is -0.361 e. The van der Waals surface area contributed by atoms with E-state index in [2.05, 4.69) is 47.4 Å². The fourth-order valence-electron chi connectivity index (χ4n) is 1.82. The number of aromatic nitrogens is 1. The largest absolute Gasteiger partial charge is 0.361 e. The molecule has 1 aromatic heterocycles. The molecule has 78 valence electrons. The van der Waals surface area contributed by atoms with Crippen LogP contribution in [0.3, 0.4) is 0 Å². The number of rotatable bonds is 0. The Hall–Kier alpha value is -1.76. The predicted molar refractivity (Wildman–Crippen MR) is 69.3 cm³/mol. The first-order chi connectivity index (χ1) is 7.45. The molecule has 0 unspecified atom stereocenters. The van der Waals surface area contributed by atoms with Gasteiger partial charge in [0.05, 0.1) is 0 Å². The van der Waals surface area contributed by atoms with Gasteiger partial charge in [-0.3, -0.25) is 0 Å². The number of H-pyrrole nitrogens is 1. The van der Waals surface area contributed by atoms with E-state index in [4.69, 9.17) is 0 Å². The van der Waals surface area contributed by atoms with Crippen molar-refractivity contribution in [1.29, 1.82) is 0 Å². The Kier molecular flexibility index (Phi) is 2.72. The fraction of sp³-hybridized carbons (Fsp3) is 0.143. The van der Waals surface area contributed by atoms with Gasteiger partial charge in [-0.05, 0) is 22.9 Å². The molecule has 0 aliphatic heterocycles. The van der Waals surface area contributed by atoms with Crippen molar-refractivity contribution < 1.29 is 1.43 Å². The van der Waals surface area contributed by atoms with Crippen LogP contribution in [0.5, 0.6) is 0 Å². The lowest BCUT2D eigenvalue weighted by Crippen LogP contribution is -1.72. The normalized spacial score (nSPS) is 10.0. The topological polar surface area (TPSA) is 15.8 Å². The molecule has 0 aliphatic carbocycles. The van der Waals surface area contributed by atoms with Crippen LogP contribution in [-0.2, 0) is 0 Å². The molecule has 3 aromatic rings. The molecule has 0 fully saturated rings. The molecular weight excluding hydrogens is 182 g/mol. The van der Waals surface area contributed by atoms with Crippen LogP contribution < -0.4 is 0 Å². The molecular formula is C14H17N. The summed E-state index contributed by atoms with van der Waals surface area (Å²) in [5.74, 6) is 0. The highest BCUT2D eigenvalue weighted by Crippen LogP contribution is 2.23. The van der Waals surface area contributed by atoms with E-state index in [-0.39, 0.29) is 1.43 Å². The molecule has 15 heavy (non-hydrogen) atoms. The van der Waals surface area contributed by atoms with Gasteiger partial charge < -0.3 is 4.98 Å². The highest BCUT2D eigenvalue weighted by molar-refractivity contribution is 6.06. The van der Waals surface area contributed by atoms with Crippen molar-refractivity contribution in [3.63, 3.8) is 0 Å². The van der Waals surface area contributed by atoms with Gasteiger partial charge in [-0.15, -0.1) is 0 Å². The number of benzene rings is 2. The molecule has 0 bridgehead atoms. The van der Waals surface area contributed by atoms with Crippen molar-refractivity contribution in [2.24, 2.45) is 0 Å². The molecule has 1 heterocycles. The second-order valence-corrected chi connectivity index (χ2v) is 3.23. The van der Waals surface area contributed by atoms with E-state index in [1.807, 2.05) is 20.0 Å². The van der Waals surface area contributed by atoms with Crippen molar-refractivity contribution in [3.8, 4) is 0 Å². The maximum atomic E-state index is 3.21. The van der Waals surface area contributed by atoms with Crippen LogP contribution in [-0.4, -0.2) is 4.98 Å². The minimum atomic E-state index is 0. The second kappa shape index (κ2) is 4.18. The molecule has 3 rings (SSSR count). The van der Waals surface area contributed by atoms with Crippen LogP contribution >= 0.6 is 0 Å². The van der Waals surface area contributed by atoms with Gasteiger partial charge >= 0.3 is 0 Å². The Morgan fingerprint density at radius 2 is 1.67 bits per heavy atom. The predicted octanol–water partition coefficient (Wildman–Crippen LogP) is 4.59. The third-order valence-electron chi connectivity index (χ3n) is 2.46. The summed E-state index contributed by atoms with van der Waals surface area (Å²) in [6.45, 7) is 4.00. The van der Waals surface area contributed by atoms with Crippen LogP contribution in [0.15, 0.2) is 48.7 Å². The molecule has 0 spiro atoms. The van der Waals surface area contributed by atoms with Crippen LogP contribution in [0.2, 0.25) is 0 Å². The maximum absolute atomic E-state index is 3.21. The van der Waals surface area contributed by atoms with E-state index >= 15 is 0 Å². The molecule has 0 saturated carbocycles. The monoisotopic (exact) mass is 199 g/mol. The number of aromatic amines is 1. The first-order valence-corrected chi connectivity index (χ1v) is 5.40. The highest BCUT2D eigenvalue weighted by atomic mass is 14.7. The van der Waals surface area contributed by atoms with Gasteiger partial charge in [-0.2, -0.15) is 0 Å². The van der Waals surface area contributed by atoms with Gasteiger partial charge in [0.15, 0.2) is 0 Å². The Bertz CT molecular complexity index is 569. The molecule has 0 amide bonds. The average Bonchev–Trinajstić information content (AvgIpc) is 2.80. The summed E-state index contributed by atoms with van der Waals surface area (Å²) in [5.41, 5.74) is 1.21. The molecule has 1 N–H and O–H groups in total. The standard InChI is InChI=1S/C12H9N.C2H6.H2/c1-2-4-10-9(3-1)5-6-12-11(10)7-8-13-12;1-2;/h1-8,13H;1-2H3;1H. The van der Waals surface area contributed by atoms with Crippen LogP contribution in [0.1, 0.15) is 15.3 Å². The third-order valence-corrected chi connectivity index (χ3v) is 2.46. The van der Waals surface area contributed by atoms with E-state index in [1.165, 1.54) is 21.7 Å². The van der Waals surface area contributed by atoms with Crippen molar-refractivity contribution >= 4 is 21.7 Å². The summed E-state index contributed by atoms with van der Waals surface area (Å²) >= 11 is 0. The lowest BCUT2D eigenvalue weighted by atomic mass is 10.1. The molecule has 0 saturated heterocycles. The SMILES string of the molecule is CC.[HH].c1ccc2c(c1)ccc1[nH]ccc12. The summed E-state index contributed by atoms with van der Waals surface area (Å²) in [5, 5.41) is 3.92. The first kappa shape index (κ1) is 9.78. The zero-order valence-electron chi connectivity index (χ0n) is 9.12. The van der Waals surface area contributed by atoms with Crippen molar-refractivity contribution in [3.05, 3.63) is 48.7 Å². The van der Waals surface area contributed by atoms with E-state index in [9.17, 15) is 0 Å². The lowest BCUT2D eigenvalue weighted by molar-refractivity contribution is 1.48. The lowest BCUT2D eigenvalue weighted by Gasteiger charge is -1.97. The zero-order chi connectivity index (χ0) is 10.7. The number of hydrogen-bond donors (Lipinski definition) is 1. The number of hydrogen-bond acceptors (Lipinski definition) is 0. The average molecular weight is 199 g/mol. The number of nitrogens with one attached hydrogen (secondary N) is 1. The Morgan fingerprint density at radius 1 is 0.867 bits per heavy atom. The van der Waals surface area contributed by atoms with E-state index in [1.54, 1.807) is 0 Å². The van der Waals surface area contributed by atoms with Gasteiger partial charge in [0.1, 0.15) is 0 Å². The van der Waals surface area contributed by atoms with Gasteiger partial charge in [0, 0.05) is 18.5 Å². The summed E-state index contributed by atoms with van der Waals surface area (Å²) in [7, 11) is 0. The van der Waals surface area contributed by atoms with Gasteiger partial charge in [0.2, 0.25) is 0 Å². The minimum absolute atomic E-state index is 0. The van der Waals surface area contributed by atoms with Crippen molar-refractivity contribution in [2.45, 2.75) is 13.8 Å². The molecule has 2 aromatic carbocycles. The van der Waals surface area contributed by atoms with Crippen LogP contribution in [0, 0.1) is 0 Å². The van der Waals surface area contributed by atoms with E-state index < -0.39 is 0 Å². The van der Waals surface area contributed by atoms with E-state index in [0.29, 0.717) is 0 Å². The summed E-state index contributed by atoms with van der Waals surface area (Å²) in [6, 6.07) is 14.8. The zero-order valence-corrected chi connectivity index (χ0v) is 9.12. The number of fused-ring (bicyclic) bond motifs is 3. The first-order valence-electron chi connectivity index (χ1n) is 5.40. The highest BCUT2D eigenvalue weighted by Gasteiger charge is 1.98. The van der Waals surface area contributed by atoms with Gasteiger partial charge in [-0.25, -0.2) is 0 Å². The summed E-state index contributed by atoms with van der Waals surface area (Å²) < 4.78 is 0. The quantitative estimate of drug-likeness (QED) is 0.545. The van der Waals surface area contributed by atoms with Gasteiger partial charge in [0.25, 0.3) is 0 Å². The summed E-state index contributed by atoms with van der Waals surface area (Å²) in [6.07, 6.45) is 1.98. The molecule has 0 radical (unpaired) electrons. The van der Waals surface area contributed by atoms with E-state index in [0.717, 1.165) is 0 Å².